The van der Waals surface area contributed by atoms with E-state index in [1.54, 1.807) is 17.8 Å². The second-order valence-corrected chi connectivity index (χ2v) is 5.50. The Morgan fingerprint density at radius 1 is 1.53 bits per heavy atom. The van der Waals surface area contributed by atoms with Gasteiger partial charge in [0.25, 0.3) is 0 Å². The smallest absolute Gasteiger partial charge is 0.183 e. The summed E-state index contributed by atoms with van der Waals surface area (Å²) >= 11 is 8.05. The number of aliphatic hydroxyl groups excluding tert-OH is 1. The number of aromatic nitrogens is 1. The third-order valence-electron chi connectivity index (χ3n) is 1.87. The Hall–Kier alpha value is -0.170. The van der Waals surface area contributed by atoms with Gasteiger partial charge in [0, 0.05) is 17.5 Å². The van der Waals surface area contributed by atoms with Crippen LogP contribution in [0.3, 0.4) is 0 Å². The minimum Gasteiger partial charge on any atom is -0.450 e. The summed E-state index contributed by atoms with van der Waals surface area (Å²) in [6.07, 6.45) is 1.64. The fourth-order valence-electron chi connectivity index (χ4n) is 1.16. The van der Waals surface area contributed by atoms with Crippen molar-refractivity contribution in [1.82, 2.24) is 4.98 Å². The van der Waals surface area contributed by atoms with E-state index in [1.807, 2.05) is 0 Å². The van der Waals surface area contributed by atoms with Crippen LogP contribution in [0.15, 0.2) is 31.3 Å². The molecule has 2 aromatic rings. The van der Waals surface area contributed by atoms with Crippen molar-refractivity contribution in [2.75, 3.05) is 0 Å². The highest BCUT2D eigenvalue weighted by molar-refractivity contribution is 9.13. The van der Waals surface area contributed by atoms with Gasteiger partial charge < -0.3 is 9.52 Å². The minimum absolute atomic E-state index is 0.525. The molecule has 15 heavy (non-hydrogen) atoms. The molecule has 0 saturated heterocycles. The van der Waals surface area contributed by atoms with Crippen molar-refractivity contribution in [3.63, 3.8) is 0 Å². The molecule has 6 heteroatoms. The Morgan fingerprint density at radius 3 is 2.87 bits per heavy atom. The molecule has 0 bridgehead atoms. The number of furan rings is 1. The van der Waals surface area contributed by atoms with Crippen LogP contribution in [0.4, 0.5) is 0 Å². The number of hydrogen-bond donors (Lipinski definition) is 1. The number of thiazole rings is 1. The fraction of sp³-hybridized carbons (Fsp3) is 0.222. The van der Waals surface area contributed by atoms with Gasteiger partial charge in [0.1, 0.15) is 11.9 Å². The minimum atomic E-state index is -0.631. The van der Waals surface area contributed by atoms with E-state index in [-0.39, 0.29) is 0 Å². The first-order chi connectivity index (χ1) is 7.16. The van der Waals surface area contributed by atoms with Crippen LogP contribution in [0.5, 0.6) is 0 Å². The Labute approximate surface area is 107 Å². The Morgan fingerprint density at radius 2 is 2.33 bits per heavy atom. The zero-order valence-corrected chi connectivity index (χ0v) is 11.5. The van der Waals surface area contributed by atoms with Crippen LogP contribution in [0.2, 0.25) is 0 Å². The molecule has 1 atom stereocenters. The number of rotatable bonds is 3. The lowest BCUT2D eigenvalue weighted by Crippen LogP contribution is -1.98. The van der Waals surface area contributed by atoms with Gasteiger partial charge in [-0.1, -0.05) is 0 Å². The summed E-state index contributed by atoms with van der Waals surface area (Å²) in [5, 5.41) is 9.87. The van der Waals surface area contributed by atoms with Crippen LogP contribution in [-0.4, -0.2) is 10.1 Å². The maximum atomic E-state index is 9.87. The first-order valence-electron chi connectivity index (χ1n) is 4.17. The second kappa shape index (κ2) is 4.78. The van der Waals surface area contributed by atoms with Crippen molar-refractivity contribution < 1.29 is 9.52 Å². The second-order valence-electron chi connectivity index (χ2n) is 2.96. The predicted molar refractivity (Wildman–Crippen MR) is 64.9 cm³/mol. The summed E-state index contributed by atoms with van der Waals surface area (Å²) in [7, 11) is 0. The monoisotopic (exact) mass is 351 g/mol. The summed E-state index contributed by atoms with van der Waals surface area (Å²) in [5.74, 6) is 0.544. The van der Waals surface area contributed by atoms with Crippen molar-refractivity contribution in [1.29, 1.82) is 0 Å². The fourth-order valence-corrected chi connectivity index (χ4v) is 2.40. The Kier molecular flexibility index (Phi) is 3.60. The van der Waals surface area contributed by atoms with Crippen molar-refractivity contribution >= 4 is 43.2 Å². The lowest BCUT2D eigenvalue weighted by Gasteiger charge is -2.04. The SMILES string of the molecule is OC(Cc1cncs1)c1cc(Br)c(Br)o1. The number of hydrogen-bond acceptors (Lipinski definition) is 4. The van der Waals surface area contributed by atoms with Crippen molar-refractivity contribution in [2.24, 2.45) is 0 Å². The van der Waals surface area contributed by atoms with Gasteiger partial charge >= 0.3 is 0 Å². The first kappa shape index (κ1) is 11.3. The van der Waals surface area contributed by atoms with Gasteiger partial charge in [-0.05, 0) is 37.9 Å². The van der Waals surface area contributed by atoms with Crippen molar-refractivity contribution in [2.45, 2.75) is 12.5 Å². The molecule has 0 aliphatic rings. The highest BCUT2D eigenvalue weighted by Gasteiger charge is 2.16. The van der Waals surface area contributed by atoms with Gasteiger partial charge in [-0.3, -0.25) is 4.98 Å². The summed E-state index contributed by atoms with van der Waals surface area (Å²) in [5.41, 5.74) is 1.75. The van der Waals surface area contributed by atoms with E-state index < -0.39 is 6.10 Å². The molecule has 0 fully saturated rings. The molecular weight excluding hydrogens is 346 g/mol. The molecule has 0 aromatic carbocycles. The predicted octanol–water partition coefficient (Wildman–Crippen LogP) is 3.54. The van der Waals surface area contributed by atoms with E-state index in [2.05, 4.69) is 36.8 Å². The first-order valence-corrected chi connectivity index (χ1v) is 6.63. The van der Waals surface area contributed by atoms with Crippen LogP contribution in [0.1, 0.15) is 16.7 Å². The molecule has 0 saturated carbocycles. The number of aliphatic hydroxyl groups is 1. The van der Waals surface area contributed by atoms with Crippen LogP contribution in [-0.2, 0) is 6.42 Å². The van der Waals surface area contributed by atoms with Gasteiger partial charge in [-0.25, -0.2) is 0 Å². The van der Waals surface area contributed by atoms with Crippen molar-refractivity contribution in [3.8, 4) is 0 Å². The number of nitrogens with zero attached hydrogens (tertiary/aromatic N) is 1. The Balaban J connectivity index is 2.11. The normalized spacial score (nSPS) is 13.0. The van der Waals surface area contributed by atoms with Crippen LogP contribution >= 0.6 is 43.2 Å². The van der Waals surface area contributed by atoms with Crippen LogP contribution < -0.4 is 0 Å². The summed E-state index contributed by atoms with van der Waals surface area (Å²) < 4.78 is 6.73. The molecular formula is C9H7Br2NO2S. The lowest BCUT2D eigenvalue weighted by atomic mass is 10.2. The largest absolute Gasteiger partial charge is 0.450 e. The van der Waals surface area contributed by atoms with Crippen LogP contribution in [0, 0.1) is 0 Å². The molecule has 2 aromatic heterocycles. The van der Waals surface area contributed by atoms with E-state index in [1.165, 1.54) is 11.3 Å². The molecule has 2 heterocycles. The molecule has 1 unspecified atom stereocenters. The van der Waals surface area contributed by atoms with Gasteiger partial charge in [0.15, 0.2) is 4.67 Å². The maximum Gasteiger partial charge on any atom is 0.183 e. The third-order valence-corrected chi connectivity index (χ3v) is 4.38. The maximum absolute atomic E-state index is 9.87. The molecule has 0 aliphatic carbocycles. The zero-order chi connectivity index (χ0) is 10.8. The van der Waals surface area contributed by atoms with Gasteiger partial charge in [0.2, 0.25) is 0 Å². The molecule has 0 aliphatic heterocycles. The van der Waals surface area contributed by atoms with E-state index in [4.69, 9.17) is 4.42 Å². The summed E-state index contributed by atoms with van der Waals surface area (Å²) in [6, 6.07) is 1.76. The molecule has 3 nitrogen and oxygen atoms in total. The topological polar surface area (TPSA) is 46.3 Å². The number of halogens is 2. The molecule has 80 valence electrons. The standard InChI is InChI=1S/C9H7Br2NO2S/c10-6-2-8(14-9(6)11)7(13)1-5-3-12-4-15-5/h2-4,7,13H,1H2. The molecule has 2 rings (SSSR count). The van der Waals surface area contributed by atoms with E-state index >= 15 is 0 Å². The van der Waals surface area contributed by atoms with Gasteiger partial charge in [0.05, 0.1) is 9.98 Å². The van der Waals surface area contributed by atoms with Crippen molar-refractivity contribution in [3.05, 3.63) is 37.6 Å². The van der Waals surface area contributed by atoms with E-state index in [9.17, 15) is 5.11 Å². The van der Waals surface area contributed by atoms with Gasteiger partial charge in [-0.15, -0.1) is 11.3 Å². The van der Waals surface area contributed by atoms with Crippen LogP contribution in [0.25, 0.3) is 0 Å². The average molecular weight is 353 g/mol. The summed E-state index contributed by atoms with van der Waals surface area (Å²) in [4.78, 5) is 4.98. The molecule has 0 radical (unpaired) electrons. The molecule has 0 spiro atoms. The highest BCUT2D eigenvalue weighted by Crippen LogP contribution is 2.31. The third kappa shape index (κ3) is 2.69. The average Bonchev–Trinajstić information content (AvgIpc) is 2.78. The Bertz CT molecular complexity index is 421. The van der Waals surface area contributed by atoms with E-state index in [0.717, 1.165) is 9.35 Å². The molecule has 1 N–H and O–H groups in total. The highest BCUT2D eigenvalue weighted by atomic mass is 79.9. The summed E-state index contributed by atoms with van der Waals surface area (Å²) in [6.45, 7) is 0. The van der Waals surface area contributed by atoms with Gasteiger partial charge in [-0.2, -0.15) is 0 Å². The lowest BCUT2D eigenvalue weighted by molar-refractivity contribution is 0.149. The zero-order valence-electron chi connectivity index (χ0n) is 7.48. The quantitative estimate of drug-likeness (QED) is 0.918. The van der Waals surface area contributed by atoms with E-state index in [0.29, 0.717) is 16.9 Å². The molecule has 0 amide bonds.